The van der Waals surface area contributed by atoms with Crippen molar-refractivity contribution in [3.05, 3.63) is 246 Å². The van der Waals surface area contributed by atoms with Crippen LogP contribution in [0.3, 0.4) is 0 Å². The molecule has 13 heterocycles. The molecular weight excluding hydrogens is 1940 g/mol. The van der Waals surface area contributed by atoms with Gasteiger partial charge in [0.15, 0.2) is 15.1 Å². The molecule has 35 nitrogen and oxygen atoms in total. The van der Waals surface area contributed by atoms with Gasteiger partial charge in [0.05, 0.1) is 74.9 Å². The Balaban J connectivity index is 0.000000154. The van der Waals surface area contributed by atoms with Crippen LogP contribution in [-0.2, 0) is 40.1 Å². The molecule has 5 fully saturated rings. The highest BCUT2D eigenvalue weighted by Gasteiger charge is 2.52. The first kappa shape index (κ1) is 107. The van der Waals surface area contributed by atoms with Crippen LogP contribution in [0.5, 0.6) is 17.5 Å². The summed E-state index contributed by atoms with van der Waals surface area (Å²) in [5, 5.41) is -0.992. The highest BCUT2D eigenvalue weighted by atomic mass is 32.2. The average molecular weight is 2070 g/mol. The molecule has 1 spiro atoms. The monoisotopic (exact) mass is 2060 g/mol. The van der Waals surface area contributed by atoms with E-state index in [1.54, 1.807) is 92.0 Å². The number of aryl methyl sites for hydroxylation is 1. The molecule has 10 N–H and O–H groups in total. The van der Waals surface area contributed by atoms with Gasteiger partial charge in [0, 0.05) is 89.9 Å². The van der Waals surface area contributed by atoms with Gasteiger partial charge in [-0.1, -0.05) is 122 Å². The van der Waals surface area contributed by atoms with Crippen LogP contribution in [-0.4, -0.2) is 170 Å². The van der Waals surface area contributed by atoms with Crippen molar-refractivity contribution in [1.29, 1.82) is 0 Å². The number of aromatic nitrogens is 9. The minimum atomic E-state index is -4.25. The van der Waals surface area contributed by atoms with E-state index in [-0.39, 0.29) is 105 Å². The molecule has 2 atom stereocenters. The number of benzene rings is 3. The molecule has 40 heteroatoms. The summed E-state index contributed by atoms with van der Waals surface area (Å²) in [5.74, 6) is 0.301. The van der Waals surface area contributed by atoms with Crippen molar-refractivity contribution in [2.45, 2.75) is 211 Å². The van der Waals surface area contributed by atoms with E-state index < -0.39 is 69.5 Å². The molecule has 2 unspecified atom stereocenters. The van der Waals surface area contributed by atoms with E-state index in [1.165, 1.54) is 78.9 Å². The normalized spacial score (nSPS) is 16.5. The Kier molecular flexibility index (Phi) is 32.0. The topological polar surface area (TPSA) is 488 Å². The lowest BCUT2D eigenvalue weighted by Gasteiger charge is -2.34. The third-order valence-electron chi connectivity index (χ3n) is 25.6. The maximum atomic E-state index is 14.5. The van der Waals surface area contributed by atoms with Gasteiger partial charge in [-0.3, -0.25) is 19.2 Å². The largest absolute Gasteiger partial charge is 0.493 e. The summed E-state index contributed by atoms with van der Waals surface area (Å²) in [6.45, 7) is 36.5. The van der Waals surface area contributed by atoms with Crippen molar-refractivity contribution in [3.8, 4) is 62.7 Å². The van der Waals surface area contributed by atoms with Crippen molar-refractivity contribution in [2.24, 2.45) is 22.7 Å². The number of sulfonamides is 4. The maximum absolute atomic E-state index is 14.5. The first-order valence-electron chi connectivity index (χ1n) is 48.1. The number of hydrogen-bond acceptors (Lipinski definition) is 31. The summed E-state index contributed by atoms with van der Waals surface area (Å²) in [5.41, 5.74) is 22.8. The van der Waals surface area contributed by atoms with Crippen molar-refractivity contribution in [1.82, 2.24) is 63.7 Å². The minimum Gasteiger partial charge on any atom is -0.493 e. The molecule has 4 amide bonds. The molecule has 3 aromatic carbocycles. The molecule has 0 radical (unpaired) electrons. The molecular formula is C106H125FN20O15S4. The minimum absolute atomic E-state index is 0.000289. The summed E-state index contributed by atoms with van der Waals surface area (Å²) < 4.78 is 143. The molecule has 4 saturated heterocycles. The Hall–Kier alpha value is -14.4. The Morgan fingerprint density at radius 2 is 0.932 bits per heavy atom. The molecule has 146 heavy (non-hydrogen) atoms. The van der Waals surface area contributed by atoms with E-state index in [1.807, 2.05) is 86.0 Å². The van der Waals surface area contributed by atoms with Crippen LogP contribution in [0.2, 0.25) is 0 Å². The van der Waals surface area contributed by atoms with E-state index in [2.05, 4.69) is 130 Å². The molecule has 770 valence electrons. The van der Waals surface area contributed by atoms with Gasteiger partial charge >= 0.3 is 0 Å². The molecule has 0 bridgehead atoms. The van der Waals surface area contributed by atoms with Gasteiger partial charge in [-0.15, -0.1) is 0 Å². The van der Waals surface area contributed by atoms with E-state index in [0.717, 1.165) is 68.1 Å². The van der Waals surface area contributed by atoms with Crippen molar-refractivity contribution in [2.75, 3.05) is 76.2 Å². The van der Waals surface area contributed by atoms with Gasteiger partial charge in [-0.05, 0) is 256 Å². The zero-order chi connectivity index (χ0) is 106. The van der Waals surface area contributed by atoms with Crippen LogP contribution < -0.4 is 69.9 Å². The second-order valence-electron chi connectivity index (χ2n) is 40.9. The molecule has 1 aliphatic carbocycles. The van der Waals surface area contributed by atoms with Gasteiger partial charge in [-0.2, -0.15) is 25.3 Å². The average Bonchev–Trinajstić information content (AvgIpc) is 1.57. The number of carbonyl (C=O) groups excluding carboxylic acids is 4. The summed E-state index contributed by atoms with van der Waals surface area (Å²) in [6.07, 6.45) is 9.25. The summed E-state index contributed by atoms with van der Waals surface area (Å²) in [6, 6.07) is 55.3. The van der Waals surface area contributed by atoms with Crippen LogP contribution in [0.25, 0.3) is 45.2 Å². The fourth-order valence-electron chi connectivity index (χ4n) is 17.8. The van der Waals surface area contributed by atoms with Crippen LogP contribution in [0.1, 0.15) is 202 Å². The van der Waals surface area contributed by atoms with Crippen molar-refractivity contribution < 1.29 is 71.5 Å². The number of nitrogens with two attached hydrogens (primary N) is 3. The SMILES string of the molecule is CC(C)(C)COc1cccc(-c2ccc(C(=O)NS(=O)(=O)c3cccc(N)n3)c(N3CCCC3(C)C)n2)n1.CC(C)Oc1ccc(-c2ccc(C(=O)NS(=O)(=O)c3cccc(N)n3)c(N3CCC(C)(C)C3C)n2)cn1.CC1CN(c2nc(-c3ccccc3)ccc2C(=O)NS(=O)(=O)c2cccc(N)n2)C(C)(C)C1.Cc1cccc(S(=O)(=O)NC(=O)c2ccc(-c3cc(F)cc(OCC(C)C)c3)nc2N2CCCC23CC3)c1. The highest BCUT2D eigenvalue weighted by molar-refractivity contribution is 7.91. The third kappa shape index (κ3) is 26.1. The van der Waals surface area contributed by atoms with Crippen molar-refractivity contribution in [3.63, 3.8) is 0 Å². The standard InChI is InChI=1S/C29H32FN3O4S.C27H34N6O4S.C26H32N6O4S.C24H27N5O3S/c1-19(2)18-37-23-16-21(15-22(30)17-23)26-9-8-25(27(31-26)33-13-5-10-29(33)11-12-29)28(34)32-38(35,36)24-7-4-6-20(3)14-24;1-26(2,3)17-37-22-11-6-9-19(29-22)20-14-13-18(24(30-20)33-16-8-15-27(33,4)5)25(34)32-38(35,36)23-12-7-10-21(28)31-23;1-16(2)36-22-12-9-18(15-28-22)20-11-10-19(24(29-20)32-14-13-26(4,5)17(32)3)25(33)31-37(34,35)23-8-6-7-21(27)30-23;1-16-14-24(2,3)29(15-16)22-18(12-13-19(26-22)17-8-5-4-6-9-17)23(30)28-33(31,32)21-11-7-10-20(25)27-21/h4,6-9,14-17,19H,5,10-13,18H2,1-3H3,(H,32,34);6-7,9-14H,8,15-17H2,1-5H3,(H2,28,31)(H,32,34);6-12,15-17H,13-14H2,1-5H3,(H2,27,30)(H,31,33);4-13,16H,14-15H2,1-3H3,(H2,25,27)(H,28,30). The number of anilines is 7. The smallest absolute Gasteiger partial charge is 0.281 e. The fraction of sp³-hybridized carbons (Fsp3) is 0.368. The number of pyridine rings is 9. The van der Waals surface area contributed by atoms with Gasteiger partial charge < -0.3 is 51.0 Å². The van der Waals surface area contributed by atoms with E-state index in [0.29, 0.717) is 120 Å². The fourth-order valence-corrected chi connectivity index (χ4v) is 21.7. The number of amides is 4. The number of halogens is 1. The number of nitrogens with zero attached hydrogens (tertiary/aromatic N) is 13. The van der Waals surface area contributed by atoms with Crippen LogP contribution in [0, 0.1) is 35.4 Å². The Labute approximate surface area is 852 Å². The highest BCUT2D eigenvalue weighted by Crippen LogP contribution is 2.52. The van der Waals surface area contributed by atoms with Crippen LogP contribution in [0.4, 0.5) is 45.1 Å². The number of nitrogens with one attached hydrogen (secondary N) is 4. The van der Waals surface area contributed by atoms with E-state index in [9.17, 15) is 57.2 Å². The summed E-state index contributed by atoms with van der Waals surface area (Å²) in [4.78, 5) is 101. The Morgan fingerprint density at radius 1 is 0.452 bits per heavy atom. The molecule has 17 rings (SSSR count). The van der Waals surface area contributed by atoms with Gasteiger partial charge in [0.1, 0.15) is 52.3 Å². The lowest BCUT2D eigenvalue weighted by Crippen LogP contribution is -2.41. The number of rotatable bonds is 27. The Bertz CT molecular complexity index is 7360. The quantitative estimate of drug-likeness (QED) is 0.0251. The summed E-state index contributed by atoms with van der Waals surface area (Å²) in [7, 11) is -16.8. The summed E-state index contributed by atoms with van der Waals surface area (Å²) >= 11 is 0. The second-order valence-corrected chi connectivity index (χ2v) is 47.5. The number of nitrogen functional groups attached to an aromatic ring is 3. The molecule has 1 saturated carbocycles. The first-order chi connectivity index (χ1) is 68.7. The molecule has 12 aromatic rings. The predicted octanol–water partition coefficient (Wildman–Crippen LogP) is 16.6. The van der Waals surface area contributed by atoms with Crippen LogP contribution >= 0.6 is 0 Å². The zero-order valence-electron chi connectivity index (χ0n) is 84.6. The lowest BCUT2D eigenvalue weighted by molar-refractivity contribution is 0.0972. The molecule has 9 aromatic heterocycles. The number of carbonyl (C=O) groups is 4. The van der Waals surface area contributed by atoms with Crippen molar-refractivity contribution >= 4 is 104 Å². The maximum Gasteiger partial charge on any atom is 0.281 e. The first-order valence-corrected chi connectivity index (χ1v) is 54.1. The van der Waals surface area contributed by atoms with Crippen LogP contribution in [0.15, 0.2) is 232 Å². The number of ether oxygens (including phenoxy) is 3. The van der Waals surface area contributed by atoms with Gasteiger partial charge in [-0.25, -0.2) is 76.6 Å². The van der Waals surface area contributed by atoms with E-state index in [4.69, 9.17) is 51.3 Å². The number of hydrogen-bond donors (Lipinski definition) is 7. The van der Waals surface area contributed by atoms with E-state index >= 15 is 0 Å². The third-order valence-corrected chi connectivity index (χ3v) is 30.7. The Morgan fingerprint density at radius 3 is 1.41 bits per heavy atom. The lowest BCUT2D eigenvalue weighted by atomic mass is 9.86. The molecule has 4 aliphatic heterocycles. The second kappa shape index (κ2) is 43.5. The molecule has 5 aliphatic rings. The van der Waals surface area contributed by atoms with Gasteiger partial charge in [0.25, 0.3) is 63.7 Å². The van der Waals surface area contributed by atoms with Gasteiger partial charge in [0.2, 0.25) is 11.8 Å². The zero-order valence-corrected chi connectivity index (χ0v) is 87.9. The predicted molar refractivity (Wildman–Crippen MR) is 561 cm³/mol.